The van der Waals surface area contributed by atoms with Crippen LogP contribution >= 0.6 is 0 Å². The van der Waals surface area contributed by atoms with Crippen molar-refractivity contribution in [3.8, 4) is 0 Å². The molecule has 0 saturated carbocycles. The Morgan fingerprint density at radius 3 is 2.23 bits per heavy atom. The van der Waals surface area contributed by atoms with Crippen molar-refractivity contribution in [2.75, 3.05) is 18.4 Å². The summed E-state index contributed by atoms with van der Waals surface area (Å²) < 4.78 is 56.4. The van der Waals surface area contributed by atoms with Gasteiger partial charge in [0, 0.05) is 37.4 Å². The van der Waals surface area contributed by atoms with Crippen molar-refractivity contribution in [3.05, 3.63) is 11.8 Å². The largest absolute Gasteiger partial charge is 0.359 e. The van der Waals surface area contributed by atoms with E-state index in [1.54, 1.807) is 0 Å². The van der Waals surface area contributed by atoms with Crippen LogP contribution in [0.5, 0.6) is 0 Å². The van der Waals surface area contributed by atoms with Crippen LogP contribution in [0, 0.1) is 0 Å². The van der Waals surface area contributed by atoms with E-state index in [2.05, 4.69) is 10.5 Å². The number of piperidine rings is 1. The third-order valence-corrected chi connectivity index (χ3v) is 7.00. The van der Waals surface area contributed by atoms with E-state index in [1.807, 2.05) is 20.8 Å². The monoisotopic (exact) mass is 393 g/mol. The lowest BCUT2D eigenvalue weighted by Gasteiger charge is -2.35. The summed E-state index contributed by atoms with van der Waals surface area (Å²) in [6, 6.07) is 1.53. The fraction of sp³-hybridized carbons (Fsp3) is 0.750. The van der Waals surface area contributed by atoms with Crippen molar-refractivity contribution in [2.24, 2.45) is 0 Å². The second-order valence-corrected chi connectivity index (χ2v) is 10.5. The first-order chi connectivity index (χ1) is 11.7. The Kier molecular flexibility index (Phi) is 5.24. The van der Waals surface area contributed by atoms with E-state index in [0.29, 0.717) is 5.76 Å². The molecular weight excluding hydrogens is 368 g/mol. The standard InChI is InChI=1S/C16H25F2N3O4S/c1-14(2,3)11-10-12(20-25-11)19-13(22)15(4,5)26(23,24)21-8-6-16(17,18)7-9-21/h10H,6-9H2,1-5H3,(H,19,20,22). The quantitative estimate of drug-likeness (QED) is 0.849. The van der Waals surface area contributed by atoms with Gasteiger partial charge in [-0.15, -0.1) is 0 Å². The number of amides is 1. The normalized spacial score (nSPS) is 19.3. The molecule has 0 unspecified atom stereocenters. The van der Waals surface area contributed by atoms with Crippen molar-refractivity contribution >= 4 is 21.7 Å². The Hall–Kier alpha value is -1.55. The van der Waals surface area contributed by atoms with Crippen LogP contribution < -0.4 is 5.32 Å². The van der Waals surface area contributed by atoms with Gasteiger partial charge in [0.1, 0.15) is 5.76 Å². The summed E-state index contributed by atoms with van der Waals surface area (Å²) in [6.07, 6.45) is -1.11. The molecule has 7 nitrogen and oxygen atoms in total. The van der Waals surface area contributed by atoms with Crippen LogP contribution in [0.1, 0.15) is 53.2 Å². The molecule has 1 amide bonds. The maximum Gasteiger partial charge on any atom is 0.250 e. The summed E-state index contributed by atoms with van der Waals surface area (Å²) in [5.41, 5.74) is -0.323. The Morgan fingerprint density at radius 1 is 1.23 bits per heavy atom. The lowest BCUT2D eigenvalue weighted by atomic mass is 9.93. The average Bonchev–Trinajstić information content (AvgIpc) is 2.95. The molecule has 1 N–H and O–H groups in total. The van der Waals surface area contributed by atoms with Crippen molar-refractivity contribution < 1.29 is 26.5 Å². The summed E-state index contributed by atoms with van der Waals surface area (Å²) in [4.78, 5) is 12.6. The summed E-state index contributed by atoms with van der Waals surface area (Å²) in [5.74, 6) is -3.04. The maximum atomic E-state index is 13.3. The van der Waals surface area contributed by atoms with Gasteiger partial charge in [-0.25, -0.2) is 21.5 Å². The molecule has 1 fully saturated rings. The summed E-state index contributed by atoms with van der Waals surface area (Å²) in [6.45, 7) is 7.57. The number of aromatic nitrogens is 1. The molecule has 1 aromatic rings. The van der Waals surface area contributed by atoms with Gasteiger partial charge in [0.15, 0.2) is 10.6 Å². The number of carbonyl (C=O) groups excluding carboxylic acids is 1. The average molecular weight is 393 g/mol. The molecule has 1 aromatic heterocycles. The molecule has 0 aliphatic carbocycles. The number of sulfonamides is 1. The number of anilines is 1. The third kappa shape index (κ3) is 4.06. The highest BCUT2D eigenvalue weighted by Crippen LogP contribution is 2.32. The third-order valence-electron chi connectivity index (χ3n) is 4.48. The number of rotatable bonds is 4. The van der Waals surface area contributed by atoms with Gasteiger partial charge in [0.2, 0.25) is 15.9 Å². The maximum absolute atomic E-state index is 13.3. The van der Waals surface area contributed by atoms with E-state index in [4.69, 9.17) is 4.52 Å². The van der Waals surface area contributed by atoms with Gasteiger partial charge in [-0.2, -0.15) is 0 Å². The highest BCUT2D eigenvalue weighted by atomic mass is 32.2. The molecule has 0 radical (unpaired) electrons. The van der Waals surface area contributed by atoms with E-state index < -0.39 is 39.4 Å². The second-order valence-electron chi connectivity index (χ2n) is 8.05. The predicted octanol–water partition coefficient (Wildman–Crippen LogP) is 2.75. The summed E-state index contributed by atoms with van der Waals surface area (Å²) in [7, 11) is -4.12. The van der Waals surface area contributed by atoms with E-state index in [9.17, 15) is 22.0 Å². The minimum atomic E-state index is -4.12. The van der Waals surface area contributed by atoms with Crippen LogP contribution in [0.25, 0.3) is 0 Å². The lowest BCUT2D eigenvalue weighted by molar-refractivity contribution is -0.118. The number of nitrogens with one attached hydrogen (secondary N) is 1. The SMILES string of the molecule is CC(C)(C)c1cc(NC(=O)C(C)(C)S(=O)(=O)N2CCC(F)(F)CC2)no1. The van der Waals surface area contributed by atoms with Crippen LogP contribution in [0.2, 0.25) is 0 Å². The number of hydrogen-bond donors (Lipinski definition) is 1. The van der Waals surface area contributed by atoms with Crippen LogP contribution in [0.3, 0.4) is 0 Å². The number of hydrogen-bond acceptors (Lipinski definition) is 5. The second kappa shape index (κ2) is 6.56. The van der Waals surface area contributed by atoms with Crippen LogP contribution in [0.15, 0.2) is 10.6 Å². The fourth-order valence-electron chi connectivity index (χ4n) is 2.45. The van der Waals surface area contributed by atoms with Gasteiger partial charge in [-0.3, -0.25) is 4.79 Å². The first-order valence-corrected chi connectivity index (χ1v) is 9.77. The number of halogens is 2. The van der Waals surface area contributed by atoms with Crippen molar-refractivity contribution in [3.63, 3.8) is 0 Å². The van der Waals surface area contributed by atoms with Crippen molar-refractivity contribution in [1.82, 2.24) is 9.46 Å². The molecule has 2 rings (SSSR count). The van der Waals surface area contributed by atoms with Crippen LogP contribution in [-0.4, -0.2) is 47.5 Å². The first kappa shape index (κ1) is 20.8. The Labute approximate surface area is 152 Å². The van der Waals surface area contributed by atoms with E-state index in [1.165, 1.54) is 19.9 Å². The fourth-order valence-corrected chi connectivity index (χ4v) is 4.04. The molecule has 1 saturated heterocycles. The van der Waals surface area contributed by atoms with Crippen molar-refractivity contribution in [1.29, 1.82) is 0 Å². The first-order valence-electron chi connectivity index (χ1n) is 8.33. The summed E-state index contributed by atoms with van der Waals surface area (Å²) in [5, 5.41) is 6.17. The molecule has 0 atom stereocenters. The highest BCUT2D eigenvalue weighted by molar-refractivity contribution is 7.91. The van der Waals surface area contributed by atoms with Crippen LogP contribution in [0.4, 0.5) is 14.6 Å². The predicted molar refractivity (Wildman–Crippen MR) is 92.6 cm³/mol. The zero-order chi connectivity index (χ0) is 20.0. The Balaban J connectivity index is 2.15. The zero-order valence-corrected chi connectivity index (χ0v) is 16.4. The van der Waals surface area contributed by atoms with E-state index in [0.717, 1.165) is 4.31 Å². The number of alkyl halides is 2. The van der Waals surface area contributed by atoms with Gasteiger partial charge >= 0.3 is 0 Å². The Bertz CT molecular complexity index is 772. The van der Waals surface area contributed by atoms with Gasteiger partial charge in [-0.05, 0) is 13.8 Å². The topological polar surface area (TPSA) is 92.5 Å². The molecule has 2 heterocycles. The molecule has 26 heavy (non-hydrogen) atoms. The zero-order valence-electron chi connectivity index (χ0n) is 15.6. The van der Waals surface area contributed by atoms with Crippen LogP contribution in [-0.2, 0) is 20.2 Å². The van der Waals surface area contributed by atoms with Gasteiger partial charge in [-0.1, -0.05) is 25.9 Å². The Morgan fingerprint density at radius 2 is 1.77 bits per heavy atom. The van der Waals surface area contributed by atoms with Gasteiger partial charge in [0.25, 0.3) is 5.92 Å². The molecule has 1 aliphatic heterocycles. The minimum Gasteiger partial charge on any atom is -0.359 e. The summed E-state index contributed by atoms with van der Waals surface area (Å²) >= 11 is 0. The smallest absolute Gasteiger partial charge is 0.250 e. The molecule has 1 aliphatic rings. The molecule has 10 heteroatoms. The molecule has 148 valence electrons. The molecule has 0 aromatic carbocycles. The molecule has 0 bridgehead atoms. The highest BCUT2D eigenvalue weighted by Gasteiger charge is 2.48. The number of nitrogens with zero attached hydrogens (tertiary/aromatic N) is 2. The van der Waals surface area contributed by atoms with E-state index >= 15 is 0 Å². The molecule has 0 spiro atoms. The minimum absolute atomic E-state index is 0.105. The lowest BCUT2D eigenvalue weighted by Crippen LogP contribution is -2.54. The van der Waals surface area contributed by atoms with Gasteiger partial charge < -0.3 is 9.84 Å². The van der Waals surface area contributed by atoms with Gasteiger partial charge in [0.05, 0.1) is 0 Å². The van der Waals surface area contributed by atoms with Crippen molar-refractivity contribution in [2.45, 2.75) is 63.5 Å². The van der Waals surface area contributed by atoms with E-state index in [-0.39, 0.29) is 24.3 Å². The molecular formula is C16H25F2N3O4S. The number of carbonyl (C=O) groups is 1.